The maximum Gasteiger partial charge on any atom is 0.472 e. The highest BCUT2D eigenvalue weighted by Gasteiger charge is 2.30. The standard InChI is InChI=1S/C74H144O17P2/c1-6-9-12-15-18-20-22-23-24-25-29-32-35-39-43-48-53-58-72(77)85-64-70(91-74(79)60-55-50-45-40-36-33-30-27-26-28-31-34-37-42-46-51-56-67(4)5)66-89-93(82,83)87-62-68(75)61-86-92(80,81)88-65-69(63-84-71(76)57-52-47-41-17-14-11-8-3)90-73(78)59-54-49-44-38-21-19-16-13-10-7-2/h67-70,75H,6-66H2,1-5H3,(H,80,81)(H,82,83)/t68-,69+,70+/m0/s1. The van der Waals surface area contributed by atoms with E-state index in [0.717, 1.165) is 109 Å². The average molecular weight is 1370 g/mol. The van der Waals surface area contributed by atoms with Crippen LogP contribution in [0.4, 0.5) is 0 Å². The molecule has 3 N–H and O–H groups in total. The van der Waals surface area contributed by atoms with Crippen LogP contribution in [-0.2, 0) is 65.4 Å². The predicted molar refractivity (Wildman–Crippen MR) is 377 cm³/mol. The molecule has 0 rings (SSSR count). The van der Waals surface area contributed by atoms with Crippen molar-refractivity contribution >= 4 is 39.5 Å². The molecular weight excluding hydrogens is 1220 g/mol. The lowest BCUT2D eigenvalue weighted by Crippen LogP contribution is -2.30. The van der Waals surface area contributed by atoms with E-state index in [0.29, 0.717) is 25.7 Å². The summed E-state index contributed by atoms with van der Waals surface area (Å²) in [6.45, 7) is 7.26. The van der Waals surface area contributed by atoms with Gasteiger partial charge in [-0.3, -0.25) is 37.3 Å². The summed E-state index contributed by atoms with van der Waals surface area (Å²) in [6, 6.07) is 0. The molecule has 0 fully saturated rings. The van der Waals surface area contributed by atoms with E-state index >= 15 is 0 Å². The Hall–Kier alpha value is -1.94. The molecular formula is C74H144O17P2. The third-order valence-electron chi connectivity index (χ3n) is 17.3. The van der Waals surface area contributed by atoms with Crippen LogP contribution >= 0.6 is 15.6 Å². The monoisotopic (exact) mass is 1370 g/mol. The first-order valence-corrected chi connectivity index (χ1v) is 41.6. The summed E-state index contributed by atoms with van der Waals surface area (Å²) >= 11 is 0. The normalized spacial score (nSPS) is 14.0. The van der Waals surface area contributed by atoms with E-state index < -0.39 is 97.5 Å². The minimum Gasteiger partial charge on any atom is -0.462 e. The van der Waals surface area contributed by atoms with Gasteiger partial charge in [-0.15, -0.1) is 0 Å². The minimum absolute atomic E-state index is 0.106. The number of hydrogen-bond donors (Lipinski definition) is 3. The van der Waals surface area contributed by atoms with Gasteiger partial charge < -0.3 is 33.8 Å². The minimum atomic E-state index is -4.95. The van der Waals surface area contributed by atoms with Gasteiger partial charge in [0, 0.05) is 25.7 Å². The molecule has 0 aromatic carbocycles. The van der Waals surface area contributed by atoms with E-state index in [2.05, 4.69) is 34.6 Å². The van der Waals surface area contributed by atoms with Crippen LogP contribution in [0.25, 0.3) is 0 Å². The molecule has 0 saturated heterocycles. The first kappa shape index (κ1) is 91.1. The number of aliphatic hydroxyl groups is 1. The fraction of sp³-hybridized carbons (Fsp3) is 0.946. The number of ether oxygens (including phenoxy) is 4. The lowest BCUT2D eigenvalue weighted by Gasteiger charge is -2.21. The molecule has 17 nitrogen and oxygen atoms in total. The molecule has 5 atom stereocenters. The predicted octanol–water partition coefficient (Wildman–Crippen LogP) is 21.7. The van der Waals surface area contributed by atoms with Crippen molar-refractivity contribution in [3.05, 3.63) is 0 Å². The quantitative estimate of drug-likeness (QED) is 0.0222. The van der Waals surface area contributed by atoms with E-state index in [4.69, 9.17) is 37.0 Å². The lowest BCUT2D eigenvalue weighted by molar-refractivity contribution is -0.161. The van der Waals surface area contributed by atoms with Crippen LogP contribution in [0.3, 0.4) is 0 Å². The largest absolute Gasteiger partial charge is 0.472 e. The van der Waals surface area contributed by atoms with Crippen molar-refractivity contribution in [3.8, 4) is 0 Å². The second kappa shape index (κ2) is 67.3. The van der Waals surface area contributed by atoms with Gasteiger partial charge in [-0.2, -0.15) is 0 Å². The summed E-state index contributed by atoms with van der Waals surface area (Å²) in [5, 5.41) is 10.6. The number of aliphatic hydroxyl groups excluding tert-OH is 1. The highest BCUT2D eigenvalue weighted by molar-refractivity contribution is 7.47. The highest BCUT2D eigenvalue weighted by Crippen LogP contribution is 2.45. The Kier molecular flexibility index (Phi) is 65.9. The number of carbonyl (C=O) groups excluding carboxylic acids is 4. The van der Waals surface area contributed by atoms with Crippen molar-refractivity contribution in [1.82, 2.24) is 0 Å². The van der Waals surface area contributed by atoms with Gasteiger partial charge in [-0.05, 0) is 31.6 Å². The van der Waals surface area contributed by atoms with Crippen LogP contribution in [0, 0.1) is 5.92 Å². The molecule has 0 aliphatic carbocycles. The van der Waals surface area contributed by atoms with Gasteiger partial charge in [0.15, 0.2) is 12.2 Å². The van der Waals surface area contributed by atoms with Crippen molar-refractivity contribution < 1.29 is 80.2 Å². The summed E-state index contributed by atoms with van der Waals surface area (Å²) in [6.07, 6.45) is 55.7. The molecule has 0 radical (unpaired) electrons. The first-order chi connectivity index (χ1) is 45.0. The third-order valence-corrected chi connectivity index (χ3v) is 19.2. The molecule has 552 valence electrons. The maximum atomic E-state index is 13.1. The third kappa shape index (κ3) is 68.4. The zero-order chi connectivity index (χ0) is 68.4. The van der Waals surface area contributed by atoms with Gasteiger partial charge in [0.05, 0.1) is 26.4 Å². The van der Waals surface area contributed by atoms with Crippen molar-refractivity contribution in [2.45, 2.75) is 406 Å². The van der Waals surface area contributed by atoms with Crippen LogP contribution in [0.2, 0.25) is 0 Å². The molecule has 0 aliphatic rings. The molecule has 0 spiro atoms. The molecule has 0 aromatic heterocycles. The molecule has 19 heteroatoms. The number of phosphoric ester groups is 2. The Balaban J connectivity index is 5.17. The van der Waals surface area contributed by atoms with Crippen molar-refractivity contribution in [1.29, 1.82) is 0 Å². The number of carbonyl (C=O) groups is 4. The van der Waals surface area contributed by atoms with E-state index in [-0.39, 0.29) is 25.7 Å². The van der Waals surface area contributed by atoms with Gasteiger partial charge in [-0.25, -0.2) is 9.13 Å². The van der Waals surface area contributed by atoms with Crippen molar-refractivity contribution in [2.24, 2.45) is 5.92 Å². The summed E-state index contributed by atoms with van der Waals surface area (Å²) in [5.74, 6) is -1.31. The van der Waals surface area contributed by atoms with Crippen LogP contribution in [0.1, 0.15) is 388 Å². The molecule has 0 heterocycles. The number of phosphoric acid groups is 2. The van der Waals surface area contributed by atoms with Crippen LogP contribution < -0.4 is 0 Å². The average Bonchev–Trinajstić information content (AvgIpc) is 2.91. The summed E-state index contributed by atoms with van der Waals surface area (Å²) in [4.78, 5) is 72.5. The highest BCUT2D eigenvalue weighted by atomic mass is 31.2. The smallest absolute Gasteiger partial charge is 0.462 e. The van der Waals surface area contributed by atoms with Gasteiger partial charge in [0.25, 0.3) is 0 Å². The molecule has 0 bridgehead atoms. The van der Waals surface area contributed by atoms with Gasteiger partial charge in [-0.1, -0.05) is 336 Å². The summed E-state index contributed by atoms with van der Waals surface area (Å²) < 4.78 is 68.3. The van der Waals surface area contributed by atoms with E-state index in [1.807, 2.05) is 0 Å². The maximum absolute atomic E-state index is 13.1. The second-order valence-electron chi connectivity index (χ2n) is 27.2. The molecule has 0 aliphatic heterocycles. The SMILES string of the molecule is CCCCCCCCCCCCCCCCCCCC(=O)OC[C@H](COP(=O)(O)OC[C@@H](O)COP(=O)(O)OC[C@@H](COC(=O)CCCCCCCCC)OC(=O)CCCCCCCCCCCC)OC(=O)CCCCCCCCCCCCCCCCCCC(C)C. The lowest BCUT2D eigenvalue weighted by atomic mass is 10.0. The zero-order valence-electron chi connectivity index (χ0n) is 60.4. The van der Waals surface area contributed by atoms with Crippen molar-refractivity contribution in [2.75, 3.05) is 39.6 Å². The first-order valence-electron chi connectivity index (χ1n) is 38.6. The molecule has 2 unspecified atom stereocenters. The second-order valence-corrected chi connectivity index (χ2v) is 30.1. The Labute approximate surface area is 568 Å². The Morgan fingerprint density at radius 1 is 0.290 bits per heavy atom. The van der Waals surface area contributed by atoms with Crippen molar-refractivity contribution in [3.63, 3.8) is 0 Å². The molecule has 0 aromatic rings. The zero-order valence-corrected chi connectivity index (χ0v) is 62.2. The Morgan fingerprint density at radius 3 is 0.731 bits per heavy atom. The number of hydrogen-bond acceptors (Lipinski definition) is 15. The van der Waals surface area contributed by atoms with Crippen LogP contribution in [0.5, 0.6) is 0 Å². The fourth-order valence-electron chi connectivity index (χ4n) is 11.4. The summed E-state index contributed by atoms with van der Waals surface area (Å²) in [5.41, 5.74) is 0. The van der Waals surface area contributed by atoms with E-state index in [9.17, 15) is 43.2 Å². The Bertz CT molecular complexity index is 1790. The number of rotatable bonds is 74. The molecule has 0 saturated carbocycles. The number of unbranched alkanes of at least 4 members (excludes halogenated alkanes) is 46. The van der Waals surface area contributed by atoms with E-state index in [1.54, 1.807) is 0 Å². The molecule has 0 amide bonds. The summed E-state index contributed by atoms with van der Waals surface area (Å²) in [7, 11) is -9.90. The van der Waals surface area contributed by atoms with Gasteiger partial charge >= 0.3 is 39.5 Å². The van der Waals surface area contributed by atoms with E-state index in [1.165, 1.54) is 199 Å². The van der Waals surface area contributed by atoms with Gasteiger partial charge in [0.2, 0.25) is 0 Å². The van der Waals surface area contributed by atoms with Gasteiger partial charge in [0.1, 0.15) is 19.3 Å². The molecule has 93 heavy (non-hydrogen) atoms. The Morgan fingerprint density at radius 2 is 0.495 bits per heavy atom. The number of esters is 4. The fourth-order valence-corrected chi connectivity index (χ4v) is 12.9. The van der Waals surface area contributed by atoms with Crippen LogP contribution in [-0.4, -0.2) is 96.7 Å². The van der Waals surface area contributed by atoms with Crippen LogP contribution in [0.15, 0.2) is 0 Å². The topological polar surface area (TPSA) is 237 Å².